The topological polar surface area (TPSA) is 98.7 Å². The minimum Gasteiger partial charge on any atom is -0.489 e. The van der Waals surface area contributed by atoms with E-state index in [4.69, 9.17) is 15.2 Å². The minimum atomic E-state index is -0.435. The van der Waals surface area contributed by atoms with Crippen LogP contribution in [0.4, 0.5) is 15.9 Å². The number of halogens is 1. The molecule has 0 aliphatic carbocycles. The van der Waals surface area contributed by atoms with Crippen LogP contribution in [0.5, 0.6) is 11.6 Å². The maximum Gasteiger partial charge on any atom is 0.213 e. The molecule has 0 amide bonds. The third-order valence-electron chi connectivity index (χ3n) is 8.98. The average molecular weight is 633 g/mol. The Kier molecular flexibility index (Phi) is 8.24. The smallest absolute Gasteiger partial charge is 0.213 e. The van der Waals surface area contributed by atoms with Gasteiger partial charge in [-0.2, -0.15) is 0 Å². The summed E-state index contributed by atoms with van der Waals surface area (Å²) in [5, 5.41) is 0.330. The van der Waals surface area contributed by atoms with Crippen LogP contribution in [-0.2, 0) is 19.5 Å². The second-order valence-electron chi connectivity index (χ2n) is 12.2. The molecule has 0 saturated carbocycles. The Morgan fingerprint density at radius 1 is 1.09 bits per heavy atom. The summed E-state index contributed by atoms with van der Waals surface area (Å²) in [5.74, 6) is 1.01. The summed E-state index contributed by atoms with van der Waals surface area (Å²) in [5.41, 5.74) is 11.4. The van der Waals surface area contributed by atoms with E-state index in [1.54, 1.807) is 25.6 Å². The molecule has 0 bridgehead atoms. The van der Waals surface area contributed by atoms with E-state index in [9.17, 15) is 4.79 Å². The molecule has 2 aromatic carbocycles. The predicted octanol–water partition coefficient (Wildman–Crippen LogP) is 5.86. The molecule has 0 radical (unpaired) electrons. The van der Waals surface area contributed by atoms with Crippen molar-refractivity contribution in [1.82, 2.24) is 19.4 Å². The number of pyridine rings is 3. The number of nitrogen functional groups attached to an aromatic ring is 1. The number of hydrogen-bond donors (Lipinski definition) is 1. The summed E-state index contributed by atoms with van der Waals surface area (Å²) in [6.45, 7) is 4.74. The molecule has 7 rings (SSSR count). The van der Waals surface area contributed by atoms with Crippen LogP contribution in [0.3, 0.4) is 0 Å². The standard InChI is InChI=1S/C37H37FN6O3/c1-24-23-47-37-30(15-25-7-4-3-5-8-25)32(38)17-31-35(37)44(24)21-27(36(31)45)20-43(19-26-12-13-40-34(16-26)46-2)29-9-6-14-42(22-29)28-10-11-33(39)41-18-28/h3-5,7-13,16-18,21,24H,6,14-15,19-20,22-23H2,1-2H3,(H2,39,41). The summed E-state index contributed by atoms with van der Waals surface area (Å²) < 4.78 is 29.5. The normalized spacial score (nSPS) is 15.7. The molecule has 5 aromatic rings. The number of anilines is 2. The van der Waals surface area contributed by atoms with Gasteiger partial charge in [-0.25, -0.2) is 14.4 Å². The van der Waals surface area contributed by atoms with E-state index in [1.165, 1.54) is 6.07 Å². The molecular formula is C37H37FN6O3. The maximum absolute atomic E-state index is 15.9. The summed E-state index contributed by atoms with van der Waals surface area (Å²) in [7, 11) is 1.59. The zero-order chi connectivity index (χ0) is 32.5. The van der Waals surface area contributed by atoms with Gasteiger partial charge in [0.25, 0.3) is 0 Å². The number of hydrogen-bond acceptors (Lipinski definition) is 8. The largest absolute Gasteiger partial charge is 0.489 e. The summed E-state index contributed by atoms with van der Waals surface area (Å²) in [6, 6.07) is 18.7. The van der Waals surface area contributed by atoms with Crippen LogP contribution in [0.2, 0.25) is 0 Å². The highest BCUT2D eigenvalue weighted by Crippen LogP contribution is 2.38. The first-order chi connectivity index (χ1) is 22.9. The Bertz CT molecular complexity index is 2010. The van der Waals surface area contributed by atoms with Crippen molar-refractivity contribution in [2.75, 3.05) is 37.4 Å². The lowest BCUT2D eigenvalue weighted by Crippen LogP contribution is -2.37. The Balaban J connectivity index is 1.29. The first-order valence-corrected chi connectivity index (χ1v) is 15.8. The quantitative estimate of drug-likeness (QED) is 0.216. The van der Waals surface area contributed by atoms with Crippen LogP contribution in [0, 0.1) is 5.82 Å². The zero-order valence-electron chi connectivity index (χ0n) is 26.5. The van der Waals surface area contributed by atoms with E-state index < -0.39 is 5.82 Å². The third-order valence-corrected chi connectivity index (χ3v) is 8.98. The van der Waals surface area contributed by atoms with E-state index >= 15 is 4.39 Å². The van der Waals surface area contributed by atoms with E-state index in [0.29, 0.717) is 72.1 Å². The third kappa shape index (κ3) is 6.10. The van der Waals surface area contributed by atoms with Gasteiger partial charge < -0.3 is 29.6 Å². The molecule has 2 N–H and O–H groups in total. The fourth-order valence-electron chi connectivity index (χ4n) is 6.52. The van der Waals surface area contributed by atoms with Crippen molar-refractivity contribution in [3.8, 4) is 11.6 Å². The lowest BCUT2D eigenvalue weighted by molar-refractivity contribution is 0.243. The molecule has 2 aliphatic rings. The molecule has 5 heterocycles. The number of ether oxygens (including phenoxy) is 2. The summed E-state index contributed by atoms with van der Waals surface area (Å²) >= 11 is 0. The Labute approximate surface area is 272 Å². The lowest BCUT2D eigenvalue weighted by atomic mass is 9.98. The van der Waals surface area contributed by atoms with Gasteiger partial charge in [-0.3, -0.25) is 4.79 Å². The van der Waals surface area contributed by atoms with Gasteiger partial charge in [0.2, 0.25) is 5.88 Å². The molecule has 47 heavy (non-hydrogen) atoms. The van der Waals surface area contributed by atoms with Crippen LogP contribution in [0.25, 0.3) is 10.9 Å². The van der Waals surface area contributed by atoms with Crippen LogP contribution in [0.1, 0.15) is 41.6 Å². The number of benzene rings is 2. The molecule has 0 saturated heterocycles. The molecular weight excluding hydrogens is 595 g/mol. The average Bonchev–Trinajstić information content (AvgIpc) is 3.10. The highest BCUT2D eigenvalue weighted by atomic mass is 19.1. The summed E-state index contributed by atoms with van der Waals surface area (Å²) in [4.78, 5) is 27.3. The van der Waals surface area contributed by atoms with Gasteiger partial charge in [0, 0.05) is 61.3 Å². The van der Waals surface area contributed by atoms with Gasteiger partial charge in [-0.05, 0) is 48.7 Å². The minimum absolute atomic E-state index is 0.0419. The zero-order valence-corrected chi connectivity index (χ0v) is 26.5. The second kappa shape index (κ2) is 12.8. The monoisotopic (exact) mass is 632 g/mol. The van der Waals surface area contributed by atoms with Crippen molar-refractivity contribution in [3.05, 3.63) is 129 Å². The van der Waals surface area contributed by atoms with Crippen LogP contribution < -0.4 is 25.5 Å². The molecule has 9 nitrogen and oxygen atoms in total. The van der Waals surface area contributed by atoms with Crippen molar-refractivity contribution in [2.45, 2.75) is 38.9 Å². The Morgan fingerprint density at radius 3 is 2.72 bits per heavy atom. The van der Waals surface area contributed by atoms with Crippen molar-refractivity contribution in [3.63, 3.8) is 0 Å². The number of aromatic nitrogens is 3. The number of nitrogens with two attached hydrogens (primary N) is 1. The van der Waals surface area contributed by atoms with Crippen LogP contribution in [0.15, 0.2) is 95.8 Å². The lowest BCUT2D eigenvalue weighted by Gasteiger charge is -2.36. The van der Waals surface area contributed by atoms with Gasteiger partial charge in [-0.15, -0.1) is 0 Å². The predicted molar refractivity (Wildman–Crippen MR) is 181 cm³/mol. The van der Waals surface area contributed by atoms with Gasteiger partial charge in [0.05, 0.1) is 42.5 Å². The van der Waals surface area contributed by atoms with Crippen molar-refractivity contribution in [2.24, 2.45) is 0 Å². The number of nitrogens with zero attached hydrogens (tertiary/aromatic N) is 5. The molecule has 3 aromatic heterocycles. The van der Waals surface area contributed by atoms with E-state index in [0.717, 1.165) is 35.5 Å². The SMILES string of the molecule is COc1cc(CN(Cc2cn3c4c(c(Cc5ccccc5)c(F)cc4c2=O)OCC3C)C2=CCCN(c3ccc(N)nc3)C2)ccn1. The molecule has 1 unspecified atom stereocenters. The van der Waals surface area contributed by atoms with Gasteiger partial charge in [0.15, 0.2) is 5.43 Å². The molecule has 10 heteroatoms. The second-order valence-corrected chi connectivity index (χ2v) is 12.2. The number of rotatable bonds is 9. The molecule has 0 spiro atoms. The van der Waals surface area contributed by atoms with Gasteiger partial charge in [0.1, 0.15) is 24.0 Å². The fourth-order valence-corrected chi connectivity index (χ4v) is 6.52. The van der Waals surface area contributed by atoms with Crippen molar-refractivity contribution >= 4 is 22.4 Å². The fraction of sp³-hybridized carbons (Fsp3) is 0.270. The Hall–Kier alpha value is -5.38. The first-order valence-electron chi connectivity index (χ1n) is 15.8. The first kappa shape index (κ1) is 30.3. The summed E-state index contributed by atoms with van der Waals surface area (Å²) in [6.07, 6.45) is 8.88. The van der Waals surface area contributed by atoms with Crippen molar-refractivity contribution in [1.29, 1.82) is 0 Å². The highest BCUT2D eigenvalue weighted by molar-refractivity contribution is 5.88. The molecule has 0 fully saturated rings. The molecule has 2 aliphatic heterocycles. The van der Waals surface area contributed by atoms with Crippen molar-refractivity contribution < 1.29 is 13.9 Å². The van der Waals surface area contributed by atoms with E-state index in [-0.39, 0.29) is 11.5 Å². The van der Waals surface area contributed by atoms with Crippen LogP contribution >= 0.6 is 0 Å². The highest BCUT2D eigenvalue weighted by Gasteiger charge is 2.28. The van der Waals surface area contributed by atoms with Gasteiger partial charge >= 0.3 is 0 Å². The maximum atomic E-state index is 15.9. The van der Waals surface area contributed by atoms with E-state index in [1.807, 2.05) is 54.7 Å². The molecule has 1 atom stereocenters. The Morgan fingerprint density at radius 2 is 1.94 bits per heavy atom. The van der Waals surface area contributed by atoms with Crippen LogP contribution in [-0.4, -0.2) is 46.2 Å². The van der Waals surface area contributed by atoms with E-state index in [2.05, 4.69) is 37.3 Å². The van der Waals surface area contributed by atoms with Gasteiger partial charge in [-0.1, -0.05) is 36.4 Å². The molecule has 240 valence electrons. The number of methoxy groups -OCH3 is 1.